The molecule has 1 rings (SSSR count). The maximum Gasteiger partial charge on any atom is 0.158 e. The molecule has 0 unspecified atom stereocenters. The van der Waals surface area contributed by atoms with E-state index < -0.39 is 35.2 Å². The van der Waals surface area contributed by atoms with Gasteiger partial charge in [-0.05, 0) is 26.3 Å². The average molecular weight is 495 g/mol. The normalized spacial score (nSPS) is 17.6. The fraction of sp³-hybridized carbons (Fsp3) is 0.680. The first-order valence-corrected chi connectivity index (χ1v) is 27.3. The molecular formula is C25H50O2Si4. The molecule has 3 atom stereocenters. The molecular weight excluding hydrogens is 445 g/mol. The summed E-state index contributed by atoms with van der Waals surface area (Å²) in [5, 5.41) is 11.3. The molecule has 6 heteroatoms. The van der Waals surface area contributed by atoms with Crippen LogP contribution in [0.2, 0.25) is 58.9 Å². The van der Waals surface area contributed by atoms with Crippen LogP contribution in [0.4, 0.5) is 0 Å². The minimum Gasteiger partial charge on any atom is -0.422 e. The summed E-state index contributed by atoms with van der Waals surface area (Å²) in [5.41, 5.74) is 1.59. The van der Waals surface area contributed by atoms with E-state index in [2.05, 4.69) is 110 Å². The third kappa shape index (κ3) is 6.87. The van der Waals surface area contributed by atoms with Gasteiger partial charge in [0.15, 0.2) is 6.87 Å². The van der Waals surface area contributed by atoms with E-state index in [1.54, 1.807) is 0 Å². The molecule has 0 aliphatic heterocycles. The van der Waals surface area contributed by atoms with Crippen LogP contribution in [0.3, 0.4) is 0 Å². The zero-order chi connectivity index (χ0) is 24.5. The maximum absolute atomic E-state index is 11.3. The van der Waals surface area contributed by atoms with Crippen molar-refractivity contribution in [1.82, 2.24) is 0 Å². The lowest BCUT2D eigenvalue weighted by molar-refractivity contribution is 0.0414. The SMILES string of the molecule is CC(C)=C[C@](C)(O)C[C@@H](O[Si]([Si](C)(C)C)([Si](C)(C)C)[Si](C)(C)C)[C@H](C)c1ccccc1. The number of hydrogen-bond donors (Lipinski definition) is 1. The lowest BCUT2D eigenvalue weighted by Gasteiger charge is -2.58. The van der Waals surface area contributed by atoms with E-state index in [0.29, 0.717) is 6.42 Å². The fourth-order valence-electron chi connectivity index (χ4n) is 6.51. The predicted octanol–water partition coefficient (Wildman–Crippen LogP) is 7.48. The zero-order valence-electron chi connectivity index (χ0n) is 22.7. The minimum absolute atomic E-state index is 0.0184. The van der Waals surface area contributed by atoms with E-state index in [9.17, 15) is 5.11 Å². The number of rotatable bonds is 10. The second-order valence-corrected chi connectivity index (χ2v) is 52.5. The van der Waals surface area contributed by atoms with Crippen LogP contribution >= 0.6 is 0 Å². The Morgan fingerprint density at radius 2 is 1.32 bits per heavy atom. The van der Waals surface area contributed by atoms with Gasteiger partial charge in [-0.3, -0.25) is 0 Å². The van der Waals surface area contributed by atoms with Gasteiger partial charge in [0.1, 0.15) is 0 Å². The van der Waals surface area contributed by atoms with E-state index in [0.717, 1.165) is 5.57 Å². The molecule has 0 spiro atoms. The van der Waals surface area contributed by atoms with E-state index in [-0.39, 0.29) is 12.0 Å². The summed E-state index contributed by atoms with van der Waals surface area (Å²) in [4.78, 5) is 0. The Morgan fingerprint density at radius 1 is 0.903 bits per heavy atom. The molecule has 0 aliphatic carbocycles. The molecule has 1 aromatic carbocycles. The van der Waals surface area contributed by atoms with Gasteiger partial charge in [-0.15, -0.1) is 0 Å². The van der Waals surface area contributed by atoms with Gasteiger partial charge in [0, 0.05) is 12.3 Å². The Kier molecular flexibility index (Phi) is 9.22. The maximum atomic E-state index is 11.3. The first-order valence-electron chi connectivity index (χ1n) is 11.9. The van der Waals surface area contributed by atoms with Crippen molar-refractivity contribution >= 4 is 29.6 Å². The van der Waals surface area contributed by atoms with Crippen LogP contribution in [-0.4, -0.2) is 46.5 Å². The van der Waals surface area contributed by atoms with Gasteiger partial charge >= 0.3 is 0 Å². The summed E-state index contributed by atoms with van der Waals surface area (Å²) in [6, 6.07) is 10.8. The summed E-state index contributed by atoms with van der Waals surface area (Å²) in [6.07, 6.45) is 2.68. The summed E-state index contributed by atoms with van der Waals surface area (Å²) in [5.74, 6) is 0.245. The van der Waals surface area contributed by atoms with Crippen molar-refractivity contribution in [2.45, 2.75) is 111 Å². The topological polar surface area (TPSA) is 29.5 Å². The van der Waals surface area contributed by atoms with E-state index >= 15 is 0 Å². The van der Waals surface area contributed by atoms with Crippen LogP contribution in [0.1, 0.15) is 45.6 Å². The van der Waals surface area contributed by atoms with Crippen LogP contribution in [0.15, 0.2) is 42.0 Å². The van der Waals surface area contributed by atoms with Crippen LogP contribution < -0.4 is 0 Å². The van der Waals surface area contributed by atoms with Crippen molar-refractivity contribution in [3.05, 3.63) is 47.5 Å². The number of aliphatic hydroxyl groups is 1. The van der Waals surface area contributed by atoms with Crippen molar-refractivity contribution in [3.8, 4) is 0 Å². The first kappa shape index (κ1) is 28.8. The fourth-order valence-corrected chi connectivity index (χ4v) is 101. The third-order valence-electron chi connectivity index (χ3n) is 6.59. The van der Waals surface area contributed by atoms with Crippen LogP contribution in [0.25, 0.3) is 0 Å². The Bertz CT molecular complexity index is 697. The average Bonchev–Trinajstić information content (AvgIpc) is 2.53. The van der Waals surface area contributed by atoms with E-state index in [1.807, 2.05) is 13.0 Å². The van der Waals surface area contributed by atoms with Gasteiger partial charge in [-0.25, -0.2) is 0 Å². The molecule has 0 fully saturated rings. The largest absolute Gasteiger partial charge is 0.422 e. The molecule has 0 bridgehead atoms. The Morgan fingerprint density at radius 3 is 1.68 bits per heavy atom. The predicted molar refractivity (Wildman–Crippen MR) is 150 cm³/mol. The number of hydrogen-bond acceptors (Lipinski definition) is 2. The van der Waals surface area contributed by atoms with E-state index in [4.69, 9.17) is 4.43 Å². The standard InChI is InChI=1S/C25H50O2Si4/c1-21(2)19-25(4,26)20-24(22(3)23-17-15-14-16-18-23)27-31(28(5,6)7,29(8,9)10)30(11,12)13/h14-19,22,24,26H,20H2,1-13H3/t22-,24-,25+/m1/s1. The minimum atomic E-state index is -2.01. The van der Waals surface area contributed by atoms with Crippen LogP contribution in [-0.2, 0) is 4.43 Å². The van der Waals surface area contributed by atoms with Gasteiger partial charge in [-0.1, -0.05) is 108 Å². The molecule has 0 saturated heterocycles. The molecule has 1 N–H and O–H groups in total. The second kappa shape index (κ2) is 9.93. The third-order valence-corrected chi connectivity index (χ3v) is 74.2. The molecule has 2 nitrogen and oxygen atoms in total. The Balaban J connectivity index is 3.67. The lowest BCUT2D eigenvalue weighted by atomic mass is 9.87. The second-order valence-electron chi connectivity index (χ2n) is 13.1. The van der Waals surface area contributed by atoms with Gasteiger partial charge < -0.3 is 9.53 Å². The van der Waals surface area contributed by atoms with Gasteiger partial charge in [0.25, 0.3) is 0 Å². The number of allylic oxidation sites excluding steroid dienone is 1. The van der Waals surface area contributed by atoms with Gasteiger partial charge in [-0.2, -0.15) is 0 Å². The molecule has 1 aromatic rings. The molecule has 31 heavy (non-hydrogen) atoms. The summed E-state index contributed by atoms with van der Waals surface area (Å²) in [6.45, 7) is 29.4. The van der Waals surface area contributed by atoms with Crippen molar-refractivity contribution in [1.29, 1.82) is 0 Å². The van der Waals surface area contributed by atoms with Gasteiger partial charge in [0.05, 0.1) is 34.5 Å². The van der Waals surface area contributed by atoms with E-state index in [1.165, 1.54) is 5.56 Å². The molecule has 0 heterocycles. The molecule has 178 valence electrons. The Hall–Kier alpha value is -0.252. The highest BCUT2D eigenvalue weighted by molar-refractivity contribution is 7.87. The molecule has 0 aliphatic rings. The summed E-state index contributed by atoms with van der Waals surface area (Å²) >= 11 is 0. The summed E-state index contributed by atoms with van der Waals surface area (Å²) < 4.78 is 7.70. The summed E-state index contributed by atoms with van der Waals surface area (Å²) in [7, 11) is -4.74. The monoisotopic (exact) mass is 494 g/mol. The molecule has 0 radical (unpaired) electrons. The molecule has 0 aromatic heterocycles. The highest BCUT2D eigenvalue weighted by Crippen LogP contribution is 2.42. The van der Waals surface area contributed by atoms with Crippen molar-refractivity contribution in [3.63, 3.8) is 0 Å². The first-order chi connectivity index (χ1) is 13.8. The van der Waals surface area contributed by atoms with Crippen molar-refractivity contribution in [2.24, 2.45) is 0 Å². The highest BCUT2D eigenvalue weighted by Gasteiger charge is 2.64. The van der Waals surface area contributed by atoms with Crippen molar-refractivity contribution < 1.29 is 9.53 Å². The smallest absolute Gasteiger partial charge is 0.158 e. The lowest BCUT2D eigenvalue weighted by Crippen LogP contribution is -2.85. The molecule has 0 amide bonds. The highest BCUT2D eigenvalue weighted by atomic mass is 29.9. The molecule has 0 saturated carbocycles. The van der Waals surface area contributed by atoms with Crippen LogP contribution in [0.5, 0.6) is 0 Å². The number of benzene rings is 1. The zero-order valence-corrected chi connectivity index (χ0v) is 26.7. The van der Waals surface area contributed by atoms with Crippen molar-refractivity contribution in [2.75, 3.05) is 0 Å². The van der Waals surface area contributed by atoms with Crippen LogP contribution in [0, 0.1) is 0 Å². The van der Waals surface area contributed by atoms with Gasteiger partial charge in [0.2, 0.25) is 0 Å². The Labute approximate surface area is 197 Å². The quantitative estimate of drug-likeness (QED) is 0.270.